The van der Waals surface area contributed by atoms with E-state index in [4.69, 9.17) is 0 Å². The third-order valence-electron chi connectivity index (χ3n) is 2.82. The van der Waals surface area contributed by atoms with E-state index in [-0.39, 0.29) is 11.3 Å². The number of thiazole rings is 1. The molecule has 0 bridgehead atoms. The minimum absolute atomic E-state index is 0.147. The van der Waals surface area contributed by atoms with E-state index < -0.39 is 9.84 Å². The highest BCUT2D eigenvalue weighted by atomic mass is 32.2. The number of rotatable bonds is 7. The Morgan fingerprint density at radius 3 is 2.71 bits per heavy atom. The Morgan fingerprint density at radius 1 is 1.53 bits per heavy atom. The molecule has 1 aromatic heterocycles. The van der Waals surface area contributed by atoms with Gasteiger partial charge in [0.1, 0.15) is 14.8 Å². The van der Waals surface area contributed by atoms with Crippen molar-refractivity contribution in [2.24, 2.45) is 0 Å². The maximum absolute atomic E-state index is 11.0. The van der Waals surface area contributed by atoms with Gasteiger partial charge in [-0.1, -0.05) is 6.92 Å². The first-order valence-corrected chi connectivity index (χ1v) is 8.64. The van der Waals surface area contributed by atoms with Gasteiger partial charge >= 0.3 is 0 Å². The van der Waals surface area contributed by atoms with E-state index in [2.05, 4.69) is 24.1 Å². The number of nitrogens with zero attached hydrogens (tertiary/aromatic N) is 1. The van der Waals surface area contributed by atoms with Crippen molar-refractivity contribution in [3.63, 3.8) is 0 Å². The van der Waals surface area contributed by atoms with Gasteiger partial charge in [0, 0.05) is 17.8 Å². The zero-order valence-corrected chi connectivity index (χ0v) is 12.2. The van der Waals surface area contributed by atoms with Gasteiger partial charge in [0.05, 0.1) is 11.3 Å². The molecule has 0 saturated carbocycles. The first-order valence-electron chi connectivity index (χ1n) is 5.70. The molecule has 6 heteroatoms. The molecule has 1 atom stereocenters. The van der Waals surface area contributed by atoms with Gasteiger partial charge in [0.2, 0.25) is 0 Å². The van der Waals surface area contributed by atoms with Crippen molar-refractivity contribution < 1.29 is 8.42 Å². The highest BCUT2D eigenvalue weighted by Crippen LogP contribution is 2.25. The quantitative estimate of drug-likeness (QED) is 0.771. The van der Waals surface area contributed by atoms with Gasteiger partial charge in [-0.3, -0.25) is 0 Å². The van der Waals surface area contributed by atoms with E-state index in [0.29, 0.717) is 13.0 Å². The maximum Gasteiger partial charge on any atom is 0.147 e. The molecule has 1 N–H and O–H groups in total. The van der Waals surface area contributed by atoms with Crippen LogP contribution in [0.5, 0.6) is 0 Å². The third-order valence-corrected chi connectivity index (χ3v) is 4.89. The molecule has 17 heavy (non-hydrogen) atoms. The SMILES string of the molecule is CC[C@](C)(NCCCS(C)(=O)=O)c1nccs1. The summed E-state index contributed by atoms with van der Waals surface area (Å²) in [4.78, 5) is 4.32. The second-order valence-corrected chi connectivity index (χ2v) is 7.59. The second-order valence-electron chi connectivity index (χ2n) is 4.43. The van der Waals surface area contributed by atoms with Crippen molar-refractivity contribution in [2.45, 2.75) is 32.2 Å². The van der Waals surface area contributed by atoms with E-state index >= 15 is 0 Å². The Bertz CT molecular complexity index is 428. The molecular weight excluding hydrogens is 256 g/mol. The van der Waals surface area contributed by atoms with E-state index in [1.54, 1.807) is 17.5 Å². The number of aromatic nitrogens is 1. The molecule has 0 fully saturated rings. The van der Waals surface area contributed by atoms with Crippen LogP contribution < -0.4 is 5.32 Å². The van der Waals surface area contributed by atoms with Crippen LogP contribution in [0, 0.1) is 0 Å². The molecule has 1 rings (SSSR count). The fourth-order valence-electron chi connectivity index (χ4n) is 1.55. The predicted molar refractivity (Wildman–Crippen MR) is 72.1 cm³/mol. The van der Waals surface area contributed by atoms with E-state index in [1.165, 1.54) is 6.26 Å². The van der Waals surface area contributed by atoms with Crippen LogP contribution in [0.1, 0.15) is 31.7 Å². The van der Waals surface area contributed by atoms with Crippen LogP contribution in [0.4, 0.5) is 0 Å². The summed E-state index contributed by atoms with van der Waals surface area (Å²) in [6.45, 7) is 4.90. The van der Waals surface area contributed by atoms with Crippen LogP contribution in [0.3, 0.4) is 0 Å². The summed E-state index contributed by atoms with van der Waals surface area (Å²) >= 11 is 1.63. The summed E-state index contributed by atoms with van der Waals surface area (Å²) < 4.78 is 22.0. The third kappa shape index (κ3) is 4.73. The number of sulfone groups is 1. The average Bonchev–Trinajstić information content (AvgIpc) is 2.76. The first kappa shape index (κ1) is 14.6. The lowest BCUT2D eigenvalue weighted by molar-refractivity contribution is 0.353. The van der Waals surface area contributed by atoms with Gasteiger partial charge in [-0.05, 0) is 26.3 Å². The Balaban J connectivity index is 2.48. The van der Waals surface area contributed by atoms with Crippen LogP contribution in [-0.4, -0.2) is 32.0 Å². The molecule has 1 heterocycles. The fraction of sp³-hybridized carbons (Fsp3) is 0.727. The summed E-state index contributed by atoms with van der Waals surface area (Å²) in [5.41, 5.74) is -0.147. The van der Waals surface area contributed by atoms with Gasteiger partial charge in [-0.2, -0.15) is 0 Å². The van der Waals surface area contributed by atoms with E-state index in [0.717, 1.165) is 11.4 Å². The molecular formula is C11H20N2O2S2. The number of hydrogen-bond acceptors (Lipinski definition) is 5. The normalized spacial score (nSPS) is 15.7. The average molecular weight is 276 g/mol. The predicted octanol–water partition coefficient (Wildman–Crippen LogP) is 1.79. The molecule has 0 aliphatic carbocycles. The minimum Gasteiger partial charge on any atom is -0.306 e. The van der Waals surface area contributed by atoms with Crippen LogP contribution in [0.2, 0.25) is 0 Å². The molecule has 0 saturated heterocycles. The molecule has 98 valence electrons. The lowest BCUT2D eigenvalue weighted by Crippen LogP contribution is -2.39. The molecule has 0 spiro atoms. The molecule has 0 aliphatic heterocycles. The van der Waals surface area contributed by atoms with E-state index in [9.17, 15) is 8.42 Å². The summed E-state index contributed by atoms with van der Waals surface area (Å²) in [5.74, 6) is 0.234. The highest BCUT2D eigenvalue weighted by molar-refractivity contribution is 7.90. The summed E-state index contributed by atoms with van der Waals surface area (Å²) in [6.07, 6.45) is 4.64. The van der Waals surface area contributed by atoms with Crippen LogP contribution in [0.15, 0.2) is 11.6 Å². The van der Waals surface area contributed by atoms with Crippen molar-refractivity contribution in [3.05, 3.63) is 16.6 Å². The highest BCUT2D eigenvalue weighted by Gasteiger charge is 2.26. The fourth-order valence-corrected chi connectivity index (χ4v) is 3.06. The smallest absolute Gasteiger partial charge is 0.147 e. The van der Waals surface area contributed by atoms with Crippen molar-refractivity contribution in [1.82, 2.24) is 10.3 Å². The lowest BCUT2D eigenvalue weighted by Gasteiger charge is -2.27. The van der Waals surface area contributed by atoms with Crippen LogP contribution in [0.25, 0.3) is 0 Å². The Kier molecular flexibility index (Phi) is 5.09. The molecule has 4 nitrogen and oxygen atoms in total. The zero-order chi connectivity index (χ0) is 12.9. The molecule has 1 aromatic rings. The molecule has 0 radical (unpaired) electrons. The van der Waals surface area contributed by atoms with Gasteiger partial charge in [0.15, 0.2) is 0 Å². The van der Waals surface area contributed by atoms with Crippen LogP contribution in [-0.2, 0) is 15.4 Å². The summed E-state index contributed by atoms with van der Waals surface area (Å²) in [5, 5.41) is 6.42. The van der Waals surface area contributed by atoms with Gasteiger partial charge in [-0.25, -0.2) is 13.4 Å². The van der Waals surface area contributed by atoms with Gasteiger partial charge in [0.25, 0.3) is 0 Å². The standard InChI is InChI=1S/C11H20N2O2S2/c1-4-11(2,10-12-7-8-16-10)13-6-5-9-17(3,14)15/h7-8,13H,4-6,9H2,1-3H3/t11-/m0/s1. The maximum atomic E-state index is 11.0. The molecule has 0 unspecified atom stereocenters. The zero-order valence-electron chi connectivity index (χ0n) is 10.6. The number of nitrogens with one attached hydrogen (secondary N) is 1. The first-order chi connectivity index (χ1) is 7.87. The van der Waals surface area contributed by atoms with Crippen LogP contribution >= 0.6 is 11.3 Å². The largest absolute Gasteiger partial charge is 0.306 e. The summed E-state index contributed by atoms with van der Waals surface area (Å²) in [6, 6.07) is 0. The van der Waals surface area contributed by atoms with Crippen molar-refractivity contribution in [1.29, 1.82) is 0 Å². The second kappa shape index (κ2) is 5.93. The van der Waals surface area contributed by atoms with Crippen molar-refractivity contribution >= 4 is 21.2 Å². The Morgan fingerprint density at radius 2 is 2.24 bits per heavy atom. The van der Waals surface area contributed by atoms with Crippen molar-refractivity contribution in [2.75, 3.05) is 18.6 Å². The molecule has 0 amide bonds. The lowest BCUT2D eigenvalue weighted by atomic mass is 10.00. The monoisotopic (exact) mass is 276 g/mol. The Labute approximate surface area is 107 Å². The van der Waals surface area contributed by atoms with Gasteiger partial charge < -0.3 is 5.32 Å². The summed E-state index contributed by atoms with van der Waals surface area (Å²) in [7, 11) is -2.86. The number of hydrogen-bond donors (Lipinski definition) is 1. The topological polar surface area (TPSA) is 59.1 Å². The molecule has 0 aliphatic rings. The van der Waals surface area contributed by atoms with Gasteiger partial charge in [-0.15, -0.1) is 11.3 Å². The molecule has 0 aromatic carbocycles. The Hall–Kier alpha value is -0.460. The minimum atomic E-state index is -2.86. The van der Waals surface area contributed by atoms with E-state index in [1.807, 2.05) is 5.38 Å². The van der Waals surface area contributed by atoms with Crippen molar-refractivity contribution in [3.8, 4) is 0 Å².